The number of rotatable bonds is 10. The zero-order valence-corrected chi connectivity index (χ0v) is 18.4. The van der Waals surface area contributed by atoms with Crippen molar-refractivity contribution in [2.45, 2.75) is 57.5 Å². The average molecular weight is 423 g/mol. The van der Waals surface area contributed by atoms with Gasteiger partial charge in [0, 0.05) is 32.3 Å². The van der Waals surface area contributed by atoms with Crippen LogP contribution in [0.25, 0.3) is 0 Å². The molecule has 5 nitrogen and oxygen atoms in total. The van der Waals surface area contributed by atoms with E-state index in [1.165, 1.54) is 45.1 Å². The molecule has 1 aromatic rings. The van der Waals surface area contributed by atoms with E-state index in [2.05, 4.69) is 10.2 Å². The summed E-state index contributed by atoms with van der Waals surface area (Å²) in [6.07, 6.45) is 10.8. The van der Waals surface area contributed by atoms with Gasteiger partial charge in [-0.1, -0.05) is 37.3 Å². The van der Waals surface area contributed by atoms with Crippen LogP contribution in [0.3, 0.4) is 0 Å². The average Bonchev–Trinajstić information content (AvgIpc) is 3.24. The summed E-state index contributed by atoms with van der Waals surface area (Å²) in [5, 5.41) is 3.29. The summed E-state index contributed by atoms with van der Waals surface area (Å²) < 4.78 is 11.1. The first-order valence-corrected chi connectivity index (χ1v) is 11.5. The van der Waals surface area contributed by atoms with Crippen LogP contribution in [0.5, 0.6) is 5.75 Å². The number of likely N-dealkylation sites (tertiary alicyclic amines) is 1. The number of piperidine rings is 1. The number of benzene rings is 1. The second kappa shape index (κ2) is 11.8. The van der Waals surface area contributed by atoms with Gasteiger partial charge in [0.2, 0.25) is 0 Å². The summed E-state index contributed by atoms with van der Waals surface area (Å²) in [5.41, 5.74) is 0.538. The fraction of sp³-hybridized carbons (Fsp3) is 0.696. The molecule has 1 saturated heterocycles. The summed E-state index contributed by atoms with van der Waals surface area (Å²) >= 11 is 6.37. The molecule has 0 radical (unpaired) electrons. The summed E-state index contributed by atoms with van der Waals surface area (Å²) in [7, 11) is 1.61. The predicted molar refractivity (Wildman–Crippen MR) is 117 cm³/mol. The molecule has 1 aliphatic carbocycles. The number of nitrogens with zero attached hydrogens (tertiary/aromatic N) is 1. The minimum Gasteiger partial charge on any atom is -0.489 e. The smallest absolute Gasteiger partial charge is 0.251 e. The molecule has 6 heteroatoms. The summed E-state index contributed by atoms with van der Waals surface area (Å²) in [4.78, 5) is 14.7. The second-order valence-corrected chi connectivity index (χ2v) is 8.75. The lowest BCUT2D eigenvalue weighted by Gasteiger charge is -2.32. The van der Waals surface area contributed by atoms with Crippen LogP contribution in [0.4, 0.5) is 0 Å². The topological polar surface area (TPSA) is 50.8 Å². The Bertz CT molecular complexity index is 641. The van der Waals surface area contributed by atoms with E-state index in [1.54, 1.807) is 19.2 Å². The second-order valence-electron chi connectivity index (χ2n) is 8.35. The first-order valence-electron chi connectivity index (χ1n) is 11.1. The van der Waals surface area contributed by atoms with Crippen LogP contribution < -0.4 is 10.1 Å². The molecule has 1 N–H and O–H groups in total. The Balaban J connectivity index is 1.38. The number of ether oxygens (including phenoxy) is 2. The van der Waals surface area contributed by atoms with E-state index in [0.717, 1.165) is 31.8 Å². The number of hydrogen-bond acceptors (Lipinski definition) is 4. The molecule has 3 rings (SSSR count). The van der Waals surface area contributed by atoms with E-state index >= 15 is 0 Å². The van der Waals surface area contributed by atoms with Gasteiger partial charge in [-0.15, -0.1) is 0 Å². The molecule has 0 spiro atoms. The lowest BCUT2D eigenvalue weighted by atomic mass is 10.0. The predicted octanol–water partition coefficient (Wildman–Crippen LogP) is 4.53. The fourth-order valence-corrected chi connectivity index (χ4v) is 4.66. The number of carbonyl (C=O) groups excluding carboxylic acids is 1. The van der Waals surface area contributed by atoms with Gasteiger partial charge in [-0.2, -0.15) is 0 Å². The molecule has 1 saturated carbocycles. The van der Waals surface area contributed by atoms with E-state index in [4.69, 9.17) is 21.1 Å². The molecule has 1 amide bonds. The molecule has 0 atom stereocenters. The van der Waals surface area contributed by atoms with Gasteiger partial charge in [0.25, 0.3) is 5.91 Å². The fourth-order valence-electron chi connectivity index (χ4n) is 4.44. The Hall–Kier alpha value is -1.30. The van der Waals surface area contributed by atoms with Crippen LogP contribution in [-0.2, 0) is 4.74 Å². The minimum absolute atomic E-state index is 0.151. The highest BCUT2D eigenvalue weighted by Crippen LogP contribution is 2.30. The molecule has 29 heavy (non-hydrogen) atoms. The maximum Gasteiger partial charge on any atom is 0.251 e. The van der Waals surface area contributed by atoms with Crippen LogP contribution in [-0.4, -0.2) is 56.8 Å². The monoisotopic (exact) mass is 422 g/mol. The molecule has 0 aromatic heterocycles. The van der Waals surface area contributed by atoms with Crippen molar-refractivity contribution in [1.29, 1.82) is 0 Å². The van der Waals surface area contributed by atoms with Gasteiger partial charge < -0.3 is 19.7 Å². The maximum absolute atomic E-state index is 12.1. The Labute approximate surface area is 180 Å². The van der Waals surface area contributed by atoms with Crippen molar-refractivity contribution in [2.24, 2.45) is 5.92 Å². The van der Waals surface area contributed by atoms with Crippen molar-refractivity contribution in [3.05, 3.63) is 28.8 Å². The quantitative estimate of drug-likeness (QED) is 0.563. The Morgan fingerprint density at radius 2 is 1.97 bits per heavy atom. The van der Waals surface area contributed by atoms with Gasteiger partial charge in [-0.3, -0.25) is 4.79 Å². The van der Waals surface area contributed by atoms with Crippen molar-refractivity contribution in [3.8, 4) is 5.75 Å². The van der Waals surface area contributed by atoms with Gasteiger partial charge >= 0.3 is 0 Å². The number of nitrogens with one attached hydrogen (secondary N) is 1. The number of amides is 1. The molecule has 1 aliphatic heterocycles. The molecular weight excluding hydrogens is 388 g/mol. The zero-order valence-electron chi connectivity index (χ0n) is 17.6. The van der Waals surface area contributed by atoms with Crippen LogP contribution in [0.2, 0.25) is 5.02 Å². The standard InChI is InChI=1S/C23H35ClN2O3/c1-28-16-12-25-23(27)19-8-9-22(21(24)17-19)29-20-10-14-26(15-11-20)13-4-7-18-5-2-3-6-18/h8-9,17-18,20H,2-7,10-16H2,1H3,(H,25,27). The van der Waals surface area contributed by atoms with Crippen LogP contribution in [0, 0.1) is 5.92 Å². The van der Waals surface area contributed by atoms with E-state index in [-0.39, 0.29) is 12.0 Å². The van der Waals surface area contributed by atoms with Gasteiger partial charge in [-0.05, 0) is 56.3 Å². The van der Waals surface area contributed by atoms with Crippen LogP contribution >= 0.6 is 11.6 Å². The largest absolute Gasteiger partial charge is 0.489 e. The van der Waals surface area contributed by atoms with Gasteiger partial charge in [0.05, 0.1) is 11.6 Å². The van der Waals surface area contributed by atoms with E-state index in [9.17, 15) is 4.79 Å². The third-order valence-electron chi connectivity index (χ3n) is 6.18. The number of carbonyl (C=O) groups is 1. The van der Waals surface area contributed by atoms with Crippen molar-refractivity contribution in [1.82, 2.24) is 10.2 Å². The lowest BCUT2D eigenvalue weighted by Crippen LogP contribution is -2.38. The van der Waals surface area contributed by atoms with Crippen molar-refractivity contribution >= 4 is 17.5 Å². The normalized spacial score (nSPS) is 18.8. The number of methoxy groups -OCH3 is 1. The third-order valence-corrected chi connectivity index (χ3v) is 6.47. The molecular formula is C23H35ClN2O3. The van der Waals surface area contributed by atoms with Crippen molar-refractivity contribution < 1.29 is 14.3 Å². The molecule has 0 bridgehead atoms. The Morgan fingerprint density at radius 3 is 2.66 bits per heavy atom. The SMILES string of the molecule is COCCNC(=O)c1ccc(OC2CCN(CCCC3CCCC3)CC2)c(Cl)c1. The zero-order chi connectivity index (χ0) is 20.5. The minimum atomic E-state index is -0.151. The molecule has 162 valence electrons. The summed E-state index contributed by atoms with van der Waals surface area (Å²) in [5.74, 6) is 1.50. The number of hydrogen-bond donors (Lipinski definition) is 1. The van der Waals surface area contributed by atoms with Gasteiger partial charge in [0.1, 0.15) is 11.9 Å². The van der Waals surface area contributed by atoms with E-state index in [1.807, 2.05) is 6.07 Å². The van der Waals surface area contributed by atoms with E-state index < -0.39 is 0 Å². The van der Waals surface area contributed by atoms with Gasteiger partial charge in [-0.25, -0.2) is 0 Å². The first-order chi connectivity index (χ1) is 14.2. The first kappa shape index (κ1) is 22.4. The highest BCUT2D eigenvalue weighted by Gasteiger charge is 2.22. The molecule has 0 unspecified atom stereocenters. The van der Waals surface area contributed by atoms with Crippen LogP contribution in [0.15, 0.2) is 18.2 Å². The Kier molecular flexibility index (Phi) is 9.09. The molecule has 2 fully saturated rings. The third kappa shape index (κ3) is 7.16. The van der Waals surface area contributed by atoms with Crippen molar-refractivity contribution in [2.75, 3.05) is 39.9 Å². The maximum atomic E-state index is 12.1. The number of halogens is 1. The highest BCUT2D eigenvalue weighted by atomic mass is 35.5. The van der Waals surface area contributed by atoms with Crippen molar-refractivity contribution in [3.63, 3.8) is 0 Å². The van der Waals surface area contributed by atoms with Gasteiger partial charge in [0.15, 0.2) is 0 Å². The molecule has 2 aliphatic rings. The highest BCUT2D eigenvalue weighted by molar-refractivity contribution is 6.32. The van der Waals surface area contributed by atoms with E-state index in [0.29, 0.717) is 29.5 Å². The molecule has 1 heterocycles. The summed E-state index contributed by atoms with van der Waals surface area (Å²) in [6, 6.07) is 5.25. The molecule has 1 aromatic carbocycles. The lowest BCUT2D eigenvalue weighted by molar-refractivity contribution is 0.0936. The Morgan fingerprint density at radius 1 is 1.21 bits per heavy atom. The summed E-state index contributed by atoms with van der Waals surface area (Å²) in [6.45, 7) is 4.36. The van der Waals surface area contributed by atoms with Crippen LogP contribution in [0.1, 0.15) is 61.7 Å².